The highest BCUT2D eigenvalue weighted by Gasteiger charge is 2.21. The molecule has 116 valence electrons. The van der Waals surface area contributed by atoms with E-state index >= 15 is 0 Å². The van der Waals surface area contributed by atoms with Crippen LogP contribution in [0.25, 0.3) is 0 Å². The molecule has 1 unspecified atom stereocenters. The van der Waals surface area contributed by atoms with E-state index in [1.54, 1.807) is 44.0 Å². The van der Waals surface area contributed by atoms with Gasteiger partial charge in [0.05, 0.1) is 28.9 Å². The predicted octanol–water partition coefficient (Wildman–Crippen LogP) is 2.82. The van der Waals surface area contributed by atoms with Gasteiger partial charge in [0.15, 0.2) is 0 Å². The number of hydrogen-bond donors (Lipinski definition) is 1. The second kappa shape index (κ2) is 8.22. The molecule has 0 aliphatic rings. The Morgan fingerprint density at radius 3 is 2.43 bits per heavy atom. The second-order valence-corrected chi connectivity index (χ2v) is 5.30. The maximum Gasteiger partial charge on any atom is 0.323 e. The minimum atomic E-state index is -0.516. The Morgan fingerprint density at radius 1 is 1.33 bits per heavy atom. The third kappa shape index (κ3) is 5.19. The van der Waals surface area contributed by atoms with Crippen molar-refractivity contribution in [3.8, 4) is 0 Å². The zero-order valence-electron chi connectivity index (χ0n) is 12.2. The van der Waals surface area contributed by atoms with Crippen LogP contribution >= 0.6 is 23.2 Å². The van der Waals surface area contributed by atoms with Gasteiger partial charge in [-0.3, -0.25) is 14.5 Å². The third-order valence-corrected chi connectivity index (χ3v) is 3.54. The molecular weight excluding hydrogens is 315 g/mol. The van der Waals surface area contributed by atoms with Crippen molar-refractivity contribution in [2.45, 2.75) is 19.9 Å². The number of anilines is 1. The Balaban J connectivity index is 2.63. The smallest absolute Gasteiger partial charge is 0.323 e. The van der Waals surface area contributed by atoms with Crippen molar-refractivity contribution in [1.29, 1.82) is 0 Å². The summed E-state index contributed by atoms with van der Waals surface area (Å²) < 4.78 is 4.91. The van der Waals surface area contributed by atoms with Crippen molar-refractivity contribution in [3.05, 3.63) is 28.2 Å². The summed E-state index contributed by atoms with van der Waals surface area (Å²) in [5, 5.41) is 3.36. The number of benzene rings is 1. The average Bonchev–Trinajstić information content (AvgIpc) is 2.42. The molecular formula is C14H18Cl2N2O3. The number of carbonyl (C=O) groups is 2. The van der Waals surface area contributed by atoms with Gasteiger partial charge >= 0.3 is 5.97 Å². The van der Waals surface area contributed by atoms with Crippen LogP contribution in [0.1, 0.15) is 13.8 Å². The van der Waals surface area contributed by atoms with Crippen molar-refractivity contribution in [3.63, 3.8) is 0 Å². The maximum atomic E-state index is 12.0. The lowest BCUT2D eigenvalue weighted by Crippen LogP contribution is -2.41. The van der Waals surface area contributed by atoms with Gasteiger partial charge in [0.25, 0.3) is 0 Å². The van der Waals surface area contributed by atoms with Crippen LogP contribution in [-0.2, 0) is 14.3 Å². The van der Waals surface area contributed by atoms with Crippen LogP contribution in [0.4, 0.5) is 5.69 Å². The molecule has 0 aliphatic carbocycles. The molecule has 0 saturated carbocycles. The average molecular weight is 333 g/mol. The van der Waals surface area contributed by atoms with Gasteiger partial charge in [-0.1, -0.05) is 29.3 Å². The maximum absolute atomic E-state index is 12.0. The molecule has 7 heteroatoms. The van der Waals surface area contributed by atoms with E-state index in [9.17, 15) is 9.59 Å². The lowest BCUT2D eigenvalue weighted by atomic mass is 10.3. The van der Waals surface area contributed by atoms with Crippen LogP contribution in [0.2, 0.25) is 10.0 Å². The summed E-state index contributed by atoms with van der Waals surface area (Å²) in [7, 11) is 1.66. The Morgan fingerprint density at radius 2 is 1.90 bits per heavy atom. The number of likely N-dealkylation sites (N-methyl/N-ethyl adjacent to an activating group) is 1. The van der Waals surface area contributed by atoms with Gasteiger partial charge in [0.2, 0.25) is 5.91 Å². The standard InChI is InChI=1S/C14H18Cl2N2O3/c1-4-21-14(20)9(2)18(3)8-12(19)17-13-10(15)6-5-7-11(13)16/h5-7,9H,4,8H2,1-3H3,(H,17,19). The van der Waals surface area contributed by atoms with Crippen molar-refractivity contribution in [1.82, 2.24) is 4.90 Å². The molecule has 1 rings (SSSR count). The first kappa shape index (κ1) is 17.8. The van der Waals surface area contributed by atoms with E-state index in [4.69, 9.17) is 27.9 Å². The van der Waals surface area contributed by atoms with Gasteiger partial charge in [-0.25, -0.2) is 0 Å². The number of hydrogen-bond acceptors (Lipinski definition) is 4. The molecule has 0 aliphatic heterocycles. The number of rotatable bonds is 6. The topological polar surface area (TPSA) is 58.6 Å². The number of halogens is 2. The van der Waals surface area contributed by atoms with Crippen LogP contribution in [-0.4, -0.2) is 43.0 Å². The number of esters is 1. The van der Waals surface area contributed by atoms with Crippen LogP contribution in [0.5, 0.6) is 0 Å². The van der Waals surface area contributed by atoms with E-state index in [-0.39, 0.29) is 18.4 Å². The van der Waals surface area contributed by atoms with Gasteiger partial charge in [0.1, 0.15) is 6.04 Å². The minimum absolute atomic E-state index is 0.0154. The molecule has 1 atom stereocenters. The highest BCUT2D eigenvalue weighted by atomic mass is 35.5. The van der Waals surface area contributed by atoms with Crippen LogP contribution in [0, 0.1) is 0 Å². The quantitative estimate of drug-likeness (QED) is 0.814. The summed E-state index contributed by atoms with van der Waals surface area (Å²) >= 11 is 12.0. The van der Waals surface area contributed by atoms with Crippen molar-refractivity contribution >= 4 is 40.8 Å². The van der Waals surface area contributed by atoms with Gasteiger partial charge in [-0.15, -0.1) is 0 Å². The molecule has 0 aromatic heterocycles. The molecule has 0 saturated heterocycles. The highest BCUT2D eigenvalue weighted by molar-refractivity contribution is 6.39. The van der Waals surface area contributed by atoms with Crippen molar-refractivity contribution < 1.29 is 14.3 Å². The molecule has 1 N–H and O–H groups in total. The summed E-state index contributed by atoms with van der Waals surface area (Å²) in [6.45, 7) is 3.73. The molecule has 0 spiro atoms. The third-order valence-electron chi connectivity index (χ3n) is 2.91. The van der Waals surface area contributed by atoms with E-state index in [0.717, 1.165) is 0 Å². The van der Waals surface area contributed by atoms with E-state index in [1.807, 2.05) is 0 Å². The SMILES string of the molecule is CCOC(=O)C(C)N(C)CC(=O)Nc1c(Cl)cccc1Cl. The van der Waals surface area contributed by atoms with E-state index in [1.165, 1.54) is 0 Å². The van der Waals surface area contributed by atoms with E-state index in [0.29, 0.717) is 22.3 Å². The number of carbonyl (C=O) groups excluding carboxylic acids is 2. The number of nitrogens with one attached hydrogen (secondary N) is 1. The lowest BCUT2D eigenvalue weighted by Gasteiger charge is -2.22. The van der Waals surface area contributed by atoms with Gasteiger partial charge < -0.3 is 10.1 Å². The molecule has 1 aromatic carbocycles. The monoisotopic (exact) mass is 332 g/mol. The molecule has 1 amide bonds. The molecule has 0 radical (unpaired) electrons. The molecule has 0 bridgehead atoms. The minimum Gasteiger partial charge on any atom is -0.465 e. The summed E-state index contributed by atoms with van der Waals surface area (Å²) in [5.74, 6) is -0.688. The fraction of sp³-hybridized carbons (Fsp3) is 0.429. The van der Waals surface area contributed by atoms with E-state index < -0.39 is 6.04 Å². The summed E-state index contributed by atoms with van der Waals surface area (Å²) in [4.78, 5) is 25.2. The Bertz CT molecular complexity index is 503. The Kier molecular flexibility index (Phi) is 6.95. The number of amides is 1. The van der Waals surface area contributed by atoms with Crippen molar-refractivity contribution in [2.24, 2.45) is 0 Å². The molecule has 5 nitrogen and oxygen atoms in total. The summed E-state index contributed by atoms with van der Waals surface area (Å²) in [5.41, 5.74) is 0.364. The lowest BCUT2D eigenvalue weighted by molar-refractivity contribution is -0.148. The first-order valence-electron chi connectivity index (χ1n) is 6.47. The Hall–Kier alpha value is -1.30. The Labute approximate surface area is 134 Å². The molecule has 1 aromatic rings. The van der Waals surface area contributed by atoms with Gasteiger partial charge in [-0.05, 0) is 33.0 Å². The zero-order chi connectivity index (χ0) is 16.0. The first-order chi connectivity index (χ1) is 9.86. The van der Waals surface area contributed by atoms with Crippen molar-refractivity contribution in [2.75, 3.05) is 25.5 Å². The molecule has 0 heterocycles. The second-order valence-electron chi connectivity index (χ2n) is 4.49. The fourth-order valence-corrected chi connectivity index (χ4v) is 2.09. The molecule has 0 fully saturated rings. The highest BCUT2D eigenvalue weighted by Crippen LogP contribution is 2.29. The number of ether oxygens (including phenoxy) is 1. The number of para-hydroxylation sites is 1. The van der Waals surface area contributed by atoms with Crippen LogP contribution in [0.15, 0.2) is 18.2 Å². The largest absolute Gasteiger partial charge is 0.465 e. The normalized spacial score (nSPS) is 12.1. The van der Waals surface area contributed by atoms with Crippen LogP contribution < -0.4 is 5.32 Å². The number of nitrogens with zero attached hydrogens (tertiary/aromatic N) is 1. The fourth-order valence-electron chi connectivity index (χ4n) is 1.60. The summed E-state index contributed by atoms with van der Waals surface area (Å²) in [6.07, 6.45) is 0. The predicted molar refractivity (Wildman–Crippen MR) is 83.8 cm³/mol. The first-order valence-corrected chi connectivity index (χ1v) is 7.23. The van der Waals surface area contributed by atoms with E-state index in [2.05, 4.69) is 5.32 Å². The van der Waals surface area contributed by atoms with Crippen LogP contribution in [0.3, 0.4) is 0 Å². The van der Waals surface area contributed by atoms with Gasteiger partial charge in [-0.2, -0.15) is 0 Å². The zero-order valence-corrected chi connectivity index (χ0v) is 13.7. The molecule has 21 heavy (non-hydrogen) atoms. The summed E-state index contributed by atoms with van der Waals surface area (Å²) in [6, 6.07) is 4.44. The van der Waals surface area contributed by atoms with Gasteiger partial charge in [0, 0.05) is 0 Å².